The highest BCUT2D eigenvalue weighted by Crippen LogP contribution is 2.10. The van der Waals surface area contributed by atoms with Crippen LogP contribution in [0.15, 0.2) is 46.0 Å². The van der Waals surface area contributed by atoms with Crippen LogP contribution in [-0.4, -0.2) is 9.78 Å². The third-order valence-corrected chi connectivity index (χ3v) is 2.27. The molecule has 0 fully saturated rings. The Morgan fingerprint density at radius 2 is 1.88 bits per heavy atom. The number of nitrogens with zero attached hydrogens (tertiary/aromatic N) is 1. The molecule has 0 saturated heterocycles. The van der Waals surface area contributed by atoms with Gasteiger partial charge in [-0.3, -0.25) is 14.7 Å². The smallest absolute Gasteiger partial charge is 0.265 e. The number of aromatic nitrogens is 2. The molecule has 0 aliphatic rings. The van der Waals surface area contributed by atoms with Gasteiger partial charge in [-0.25, -0.2) is 4.68 Å². The molecule has 1 aromatic heterocycles. The fraction of sp³-hybridized carbons (Fsp3) is 0.0909. The summed E-state index contributed by atoms with van der Waals surface area (Å²) in [4.78, 5) is 22.5. The molecule has 1 aromatic carbocycles. The van der Waals surface area contributed by atoms with Gasteiger partial charge in [-0.2, -0.15) is 0 Å². The van der Waals surface area contributed by atoms with E-state index in [-0.39, 0.29) is 17.7 Å². The van der Waals surface area contributed by atoms with E-state index in [1.807, 2.05) is 18.2 Å². The third-order valence-electron chi connectivity index (χ3n) is 2.27. The molecule has 2 aromatic rings. The maximum absolute atomic E-state index is 11.4. The second kappa shape index (κ2) is 4.06. The monoisotopic (exact) mass is 217 g/mol. The largest absolute Gasteiger partial charge is 0.398 e. The maximum Gasteiger partial charge on any atom is 0.265 e. The van der Waals surface area contributed by atoms with E-state index >= 15 is 0 Å². The molecule has 0 radical (unpaired) electrons. The molecule has 0 saturated carbocycles. The van der Waals surface area contributed by atoms with Crippen molar-refractivity contribution < 1.29 is 0 Å². The zero-order valence-electron chi connectivity index (χ0n) is 8.51. The molecule has 0 aliphatic carbocycles. The molecule has 0 spiro atoms. The molecule has 1 heterocycles. The molecule has 5 nitrogen and oxygen atoms in total. The summed E-state index contributed by atoms with van der Waals surface area (Å²) in [5.41, 5.74) is 6.57. The number of nitrogens with two attached hydrogens (primary N) is 1. The van der Waals surface area contributed by atoms with Gasteiger partial charge in [0.1, 0.15) is 0 Å². The van der Waals surface area contributed by atoms with E-state index in [2.05, 4.69) is 5.10 Å². The molecule has 0 amide bonds. The van der Waals surface area contributed by atoms with Gasteiger partial charge in [-0.1, -0.05) is 18.2 Å². The Morgan fingerprint density at radius 3 is 2.62 bits per heavy atom. The molecule has 2 rings (SSSR count). The minimum Gasteiger partial charge on any atom is -0.398 e. The molecule has 3 N–H and O–H groups in total. The SMILES string of the molecule is Nc1ccccc1Cn1[nH]c(=O)ccc1=O. The minimum atomic E-state index is -0.311. The van der Waals surface area contributed by atoms with Gasteiger partial charge in [-0.05, 0) is 11.6 Å². The number of H-pyrrole nitrogens is 1. The third kappa shape index (κ3) is 2.03. The Balaban J connectivity index is 2.42. The first-order valence-electron chi connectivity index (χ1n) is 4.80. The summed E-state index contributed by atoms with van der Waals surface area (Å²) in [6.07, 6.45) is 0. The Kier molecular flexibility index (Phi) is 2.59. The van der Waals surface area contributed by atoms with Crippen LogP contribution in [0.4, 0.5) is 5.69 Å². The normalized spacial score (nSPS) is 10.2. The van der Waals surface area contributed by atoms with Crippen molar-refractivity contribution in [2.75, 3.05) is 5.73 Å². The van der Waals surface area contributed by atoms with Gasteiger partial charge in [0, 0.05) is 17.8 Å². The molecule has 0 aliphatic heterocycles. The number of benzene rings is 1. The summed E-state index contributed by atoms with van der Waals surface area (Å²) in [5, 5.41) is 2.44. The average molecular weight is 217 g/mol. The van der Waals surface area contributed by atoms with Crippen LogP contribution < -0.4 is 16.9 Å². The zero-order chi connectivity index (χ0) is 11.5. The van der Waals surface area contributed by atoms with Crippen LogP contribution >= 0.6 is 0 Å². The number of nitrogen functional groups attached to an aromatic ring is 1. The van der Waals surface area contributed by atoms with E-state index in [0.29, 0.717) is 5.69 Å². The Morgan fingerprint density at radius 1 is 1.12 bits per heavy atom. The van der Waals surface area contributed by atoms with Crippen molar-refractivity contribution in [2.45, 2.75) is 6.54 Å². The van der Waals surface area contributed by atoms with Crippen molar-refractivity contribution in [2.24, 2.45) is 0 Å². The van der Waals surface area contributed by atoms with Gasteiger partial charge < -0.3 is 5.73 Å². The first kappa shape index (κ1) is 10.2. The van der Waals surface area contributed by atoms with Crippen LogP contribution in [0.5, 0.6) is 0 Å². The van der Waals surface area contributed by atoms with E-state index in [4.69, 9.17) is 5.73 Å². The molecule has 16 heavy (non-hydrogen) atoms. The number of para-hydroxylation sites is 1. The van der Waals surface area contributed by atoms with Crippen molar-refractivity contribution >= 4 is 5.69 Å². The average Bonchev–Trinajstić information content (AvgIpc) is 2.27. The molecule has 5 heteroatoms. The number of aromatic amines is 1. The maximum atomic E-state index is 11.4. The first-order valence-corrected chi connectivity index (χ1v) is 4.80. The van der Waals surface area contributed by atoms with Crippen molar-refractivity contribution in [1.82, 2.24) is 9.78 Å². The summed E-state index contributed by atoms with van der Waals surface area (Å²) in [5.74, 6) is 0. The Bertz CT molecular complexity index is 613. The first-order chi connectivity index (χ1) is 7.66. The van der Waals surface area contributed by atoms with Gasteiger partial charge in [0.2, 0.25) is 0 Å². The number of rotatable bonds is 2. The standard InChI is InChI=1S/C11H11N3O2/c12-9-4-2-1-3-8(9)7-14-11(16)6-5-10(15)13-14/h1-6H,7,12H2,(H,13,15). The number of nitrogens with one attached hydrogen (secondary N) is 1. The molecular weight excluding hydrogens is 206 g/mol. The highest BCUT2D eigenvalue weighted by molar-refractivity contribution is 5.46. The second-order valence-electron chi connectivity index (χ2n) is 3.43. The van der Waals surface area contributed by atoms with E-state index in [0.717, 1.165) is 5.56 Å². The molecule has 82 valence electrons. The van der Waals surface area contributed by atoms with E-state index in [1.165, 1.54) is 16.8 Å². The van der Waals surface area contributed by atoms with Gasteiger partial charge in [-0.15, -0.1) is 0 Å². The minimum absolute atomic E-state index is 0.261. The predicted octanol–water partition coefficient (Wildman–Crippen LogP) is 0.167. The van der Waals surface area contributed by atoms with Crippen molar-refractivity contribution in [3.63, 3.8) is 0 Å². The van der Waals surface area contributed by atoms with Gasteiger partial charge >= 0.3 is 0 Å². The number of hydrogen-bond donors (Lipinski definition) is 2. The quantitative estimate of drug-likeness (QED) is 0.703. The van der Waals surface area contributed by atoms with Crippen LogP contribution in [0, 0.1) is 0 Å². The topological polar surface area (TPSA) is 80.9 Å². The zero-order valence-corrected chi connectivity index (χ0v) is 8.51. The Hall–Kier alpha value is -2.30. The van der Waals surface area contributed by atoms with E-state index in [1.54, 1.807) is 6.07 Å². The van der Waals surface area contributed by atoms with Gasteiger partial charge in [0.05, 0.1) is 6.54 Å². The van der Waals surface area contributed by atoms with Gasteiger partial charge in [0.25, 0.3) is 11.1 Å². The molecule has 0 atom stereocenters. The van der Waals surface area contributed by atoms with Crippen molar-refractivity contribution in [3.05, 3.63) is 62.7 Å². The number of anilines is 1. The lowest BCUT2D eigenvalue weighted by molar-refractivity contribution is 0.628. The fourth-order valence-electron chi connectivity index (χ4n) is 1.43. The van der Waals surface area contributed by atoms with Gasteiger partial charge in [0.15, 0.2) is 0 Å². The lowest BCUT2D eigenvalue weighted by Gasteiger charge is -2.07. The van der Waals surface area contributed by atoms with Crippen LogP contribution in [0.1, 0.15) is 5.56 Å². The predicted molar refractivity (Wildman–Crippen MR) is 61.3 cm³/mol. The summed E-state index contributed by atoms with van der Waals surface area (Å²) >= 11 is 0. The fourth-order valence-corrected chi connectivity index (χ4v) is 1.43. The van der Waals surface area contributed by atoms with E-state index in [9.17, 15) is 9.59 Å². The van der Waals surface area contributed by atoms with Crippen LogP contribution in [0.25, 0.3) is 0 Å². The second-order valence-corrected chi connectivity index (χ2v) is 3.43. The number of hydrogen-bond acceptors (Lipinski definition) is 3. The highest BCUT2D eigenvalue weighted by Gasteiger charge is 2.01. The van der Waals surface area contributed by atoms with E-state index < -0.39 is 0 Å². The van der Waals surface area contributed by atoms with Crippen LogP contribution in [-0.2, 0) is 6.54 Å². The van der Waals surface area contributed by atoms with Crippen LogP contribution in [0.2, 0.25) is 0 Å². The molecule has 0 bridgehead atoms. The molecular formula is C11H11N3O2. The summed E-state index contributed by atoms with van der Waals surface area (Å²) in [7, 11) is 0. The summed E-state index contributed by atoms with van der Waals surface area (Å²) < 4.78 is 1.23. The Labute approximate surface area is 91.1 Å². The lowest BCUT2D eigenvalue weighted by Crippen LogP contribution is -2.28. The highest BCUT2D eigenvalue weighted by atomic mass is 16.1. The molecule has 0 unspecified atom stereocenters. The van der Waals surface area contributed by atoms with Crippen molar-refractivity contribution in [3.8, 4) is 0 Å². The van der Waals surface area contributed by atoms with Crippen LogP contribution in [0.3, 0.4) is 0 Å². The van der Waals surface area contributed by atoms with Crippen molar-refractivity contribution in [1.29, 1.82) is 0 Å². The summed E-state index contributed by atoms with van der Waals surface area (Å²) in [6.45, 7) is 0.265. The lowest BCUT2D eigenvalue weighted by atomic mass is 10.2. The summed E-state index contributed by atoms with van der Waals surface area (Å²) in [6, 6.07) is 9.65.